The summed E-state index contributed by atoms with van der Waals surface area (Å²) in [5.74, 6) is -4.25. The van der Waals surface area contributed by atoms with Gasteiger partial charge < -0.3 is 48.1 Å². The fourth-order valence-electron chi connectivity index (χ4n) is 8.62. The standard InChI is InChI=1S/2C22H28O8S/c2*1-12-6-5-7-16-19(22(26,11-31-16)21(25)29-4)20(24)18-13(9-17(23)30-12)8-14(27-2)10-15(18)28-3/h2*8,10,12,16,19,26H,5-7,9,11H2,1-4H3/t2*12-,16-,19+,22+/m00/s1. The van der Waals surface area contributed by atoms with E-state index in [9.17, 15) is 39.0 Å². The second kappa shape index (κ2) is 20.8. The molecule has 0 bridgehead atoms. The van der Waals surface area contributed by atoms with Gasteiger partial charge in [0, 0.05) is 34.1 Å². The lowest BCUT2D eigenvalue weighted by Crippen LogP contribution is -2.51. The van der Waals surface area contributed by atoms with Gasteiger partial charge in [-0.1, -0.05) is 0 Å². The molecule has 4 aliphatic rings. The first-order valence-corrected chi connectivity index (χ1v) is 22.4. The molecule has 0 aromatic heterocycles. The second-order valence-corrected chi connectivity index (χ2v) is 18.2. The zero-order valence-electron chi connectivity index (χ0n) is 36.3. The number of hydrogen-bond acceptors (Lipinski definition) is 18. The summed E-state index contributed by atoms with van der Waals surface area (Å²) in [5.41, 5.74) is -2.90. The van der Waals surface area contributed by atoms with Crippen LogP contribution in [0.4, 0.5) is 0 Å². The van der Waals surface area contributed by atoms with Crippen molar-refractivity contribution in [1.29, 1.82) is 0 Å². The third-order valence-corrected chi connectivity index (χ3v) is 14.8. The number of carbonyl (C=O) groups excluding carboxylic acids is 6. The second-order valence-electron chi connectivity index (χ2n) is 15.8. The number of ketones is 2. The molecule has 0 saturated carbocycles. The molecule has 2 aromatic rings. The third kappa shape index (κ3) is 10.1. The summed E-state index contributed by atoms with van der Waals surface area (Å²) in [5, 5.41) is 21.9. The van der Waals surface area contributed by atoms with Crippen molar-refractivity contribution in [3.8, 4) is 23.0 Å². The number of hydrogen-bond donors (Lipinski definition) is 2. The molecule has 0 radical (unpaired) electrons. The number of benzene rings is 2. The van der Waals surface area contributed by atoms with E-state index in [1.165, 1.54) is 66.2 Å². The maximum absolute atomic E-state index is 13.9. The molecule has 8 atom stereocenters. The van der Waals surface area contributed by atoms with Gasteiger partial charge in [0.2, 0.25) is 0 Å². The summed E-state index contributed by atoms with van der Waals surface area (Å²) >= 11 is 2.77. The van der Waals surface area contributed by atoms with Gasteiger partial charge in [-0.2, -0.15) is 23.5 Å². The van der Waals surface area contributed by atoms with E-state index in [1.807, 2.05) is 13.8 Å². The molecule has 16 nitrogen and oxygen atoms in total. The Kier molecular flexibility index (Phi) is 16.3. The van der Waals surface area contributed by atoms with E-state index in [4.69, 9.17) is 37.9 Å². The molecule has 4 aliphatic heterocycles. The Hall–Kier alpha value is -4.52. The van der Waals surface area contributed by atoms with E-state index in [-0.39, 0.29) is 69.7 Å². The van der Waals surface area contributed by atoms with Crippen molar-refractivity contribution in [2.24, 2.45) is 11.8 Å². The number of thioether (sulfide) groups is 2. The minimum absolute atomic E-state index is 0.0551. The van der Waals surface area contributed by atoms with Gasteiger partial charge in [0.15, 0.2) is 22.8 Å². The molecule has 62 heavy (non-hydrogen) atoms. The van der Waals surface area contributed by atoms with Gasteiger partial charge in [-0.3, -0.25) is 19.2 Å². The average molecular weight is 905 g/mol. The molecule has 0 aliphatic carbocycles. The average Bonchev–Trinajstić information content (AvgIpc) is 3.77. The van der Waals surface area contributed by atoms with Gasteiger partial charge in [-0.15, -0.1) is 0 Å². The molecule has 0 spiro atoms. The van der Waals surface area contributed by atoms with Gasteiger partial charge in [0.05, 0.1) is 90.7 Å². The number of rotatable bonds is 6. The first kappa shape index (κ1) is 48.5. The molecule has 340 valence electrons. The Bertz CT molecular complexity index is 1880. The van der Waals surface area contributed by atoms with E-state index in [0.717, 1.165) is 0 Å². The fourth-order valence-corrected chi connectivity index (χ4v) is 11.9. The van der Waals surface area contributed by atoms with Crippen LogP contribution in [0.3, 0.4) is 0 Å². The summed E-state index contributed by atoms with van der Waals surface area (Å²) in [6, 6.07) is 6.26. The van der Waals surface area contributed by atoms with Gasteiger partial charge in [-0.25, -0.2) is 9.59 Å². The largest absolute Gasteiger partial charge is 0.497 e. The number of Topliss-reactive ketones (excluding diaryl/α,β-unsaturated/α-hetero) is 2. The molecule has 2 aromatic carbocycles. The predicted molar refractivity (Wildman–Crippen MR) is 227 cm³/mol. The monoisotopic (exact) mass is 904 g/mol. The summed E-state index contributed by atoms with van der Waals surface area (Å²) in [7, 11) is 8.14. The Morgan fingerprint density at radius 3 is 1.29 bits per heavy atom. The van der Waals surface area contributed by atoms with Crippen LogP contribution >= 0.6 is 23.5 Å². The summed E-state index contributed by atoms with van der Waals surface area (Å²) < 4.78 is 42.2. The van der Waals surface area contributed by atoms with E-state index in [1.54, 1.807) is 24.3 Å². The molecule has 6 rings (SSSR count). The maximum Gasteiger partial charge on any atom is 0.339 e. The van der Waals surface area contributed by atoms with Crippen LogP contribution in [0.5, 0.6) is 23.0 Å². The fraction of sp³-hybridized carbons (Fsp3) is 0.591. The topological polar surface area (TPSA) is 217 Å². The molecule has 0 amide bonds. The highest BCUT2D eigenvalue weighted by molar-refractivity contribution is 8.00. The molecular formula is C44H56O16S2. The van der Waals surface area contributed by atoms with Gasteiger partial charge in [-0.05, 0) is 75.6 Å². The SMILES string of the molecule is COC(=O)[C@@]1(O)CS[C@H]2CCC[C@H](C)OC(=O)Cc3cc(OC)cc(OC)c3C(=O)[C@@H]21.COC(=O)[C@@]1(O)CS[C@H]2CCC[C@H](C)OC(=O)Cc3cc(OC)cc(OC)c3C(=O)[C@@H]21. The normalized spacial score (nSPS) is 29.0. The smallest absolute Gasteiger partial charge is 0.339 e. The van der Waals surface area contributed by atoms with Crippen molar-refractivity contribution < 1.29 is 76.9 Å². The maximum atomic E-state index is 13.9. The molecular weight excluding hydrogens is 849 g/mol. The quantitative estimate of drug-likeness (QED) is 0.304. The zero-order valence-corrected chi connectivity index (χ0v) is 37.9. The lowest BCUT2D eigenvalue weighted by atomic mass is 9.78. The summed E-state index contributed by atoms with van der Waals surface area (Å²) in [6.45, 7) is 3.65. The number of ether oxygens (including phenoxy) is 8. The lowest BCUT2D eigenvalue weighted by Gasteiger charge is -2.30. The van der Waals surface area contributed by atoms with Gasteiger partial charge in [0.1, 0.15) is 23.0 Å². The first-order chi connectivity index (χ1) is 29.5. The highest BCUT2D eigenvalue weighted by Crippen LogP contribution is 2.48. The lowest BCUT2D eigenvalue weighted by molar-refractivity contribution is -0.163. The van der Waals surface area contributed by atoms with Gasteiger partial charge in [0.25, 0.3) is 0 Å². The van der Waals surface area contributed by atoms with Crippen LogP contribution in [0.25, 0.3) is 0 Å². The van der Waals surface area contributed by atoms with Crippen molar-refractivity contribution in [1.82, 2.24) is 0 Å². The van der Waals surface area contributed by atoms with Crippen molar-refractivity contribution in [3.63, 3.8) is 0 Å². The first-order valence-electron chi connectivity index (χ1n) is 20.3. The Morgan fingerprint density at radius 2 is 0.968 bits per heavy atom. The Morgan fingerprint density at radius 1 is 0.597 bits per heavy atom. The molecule has 0 unspecified atom stereocenters. The molecule has 2 saturated heterocycles. The molecule has 18 heteroatoms. The predicted octanol–water partition coefficient (Wildman–Crippen LogP) is 4.36. The van der Waals surface area contributed by atoms with Crippen molar-refractivity contribution in [2.45, 2.75) is 99.1 Å². The van der Waals surface area contributed by atoms with E-state index < -0.39 is 58.5 Å². The van der Waals surface area contributed by atoms with Crippen molar-refractivity contribution in [2.75, 3.05) is 54.2 Å². The van der Waals surface area contributed by atoms with E-state index in [2.05, 4.69) is 0 Å². The number of fused-ring (bicyclic) bond motifs is 4. The zero-order chi connectivity index (χ0) is 45.5. The van der Waals surface area contributed by atoms with Crippen LogP contribution in [0.2, 0.25) is 0 Å². The van der Waals surface area contributed by atoms with Crippen LogP contribution in [0, 0.1) is 11.8 Å². The van der Waals surface area contributed by atoms with E-state index in [0.29, 0.717) is 61.2 Å². The van der Waals surface area contributed by atoms with Crippen molar-refractivity contribution >= 4 is 59.0 Å². The van der Waals surface area contributed by atoms with Gasteiger partial charge >= 0.3 is 23.9 Å². The highest BCUT2D eigenvalue weighted by Gasteiger charge is 2.59. The summed E-state index contributed by atoms with van der Waals surface area (Å²) in [4.78, 5) is 77.9. The minimum atomic E-state index is -1.96. The van der Waals surface area contributed by atoms with Crippen LogP contribution < -0.4 is 18.9 Å². The number of carbonyl (C=O) groups is 6. The highest BCUT2D eigenvalue weighted by atomic mass is 32.2. The Labute approximate surface area is 369 Å². The summed E-state index contributed by atoms with van der Waals surface area (Å²) in [6.07, 6.45) is 2.85. The van der Waals surface area contributed by atoms with E-state index >= 15 is 0 Å². The molecule has 2 N–H and O–H groups in total. The van der Waals surface area contributed by atoms with Crippen LogP contribution in [0.15, 0.2) is 24.3 Å². The van der Waals surface area contributed by atoms with Crippen LogP contribution in [0.1, 0.15) is 84.2 Å². The van der Waals surface area contributed by atoms with Crippen molar-refractivity contribution in [3.05, 3.63) is 46.5 Å². The number of esters is 4. The molecule has 2 fully saturated rings. The minimum Gasteiger partial charge on any atom is -0.497 e. The van der Waals surface area contributed by atoms with Crippen LogP contribution in [-0.2, 0) is 51.0 Å². The third-order valence-electron chi connectivity index (χ3n) is 11.7. The molecule has 4 heterocycles. The number of cyclic esters (lactones) is 2. The number of aliphatic hydroxyl groups is 2. The Balaban J connectivity index is 0.000000234. The van der Waals surface area contributed by atoms with Crippen LogP contribution in [-0.4, -0.2) is 134 Å². The number of methoxy groups -OCH3 is 6.